The van der Waals surface area contributed by atoms with E-state index in [2.05, 4.69) is 20.7 Å². The summed E-state index contributed by atoms with van der Waals surface area (Å²) >= 11 is 12.0. The van der Waals surface area contributed by atoms with Gasteiger partial charge in [0.2, 0.25) is 11.7 Å². The van der Waals surface area contributed by atoms with Crippen molar-refractivity contribution in [2.45, 2.75) is 6.54 Å². The van der Waals surface area contributed by atoms with E-state index in [9.17, 15) is 4.79 Å². The fourth-order valence-corrected chi connectivity index (χ4v) is 2.43. The van der Waals surface area contributed by atoms with Crippen LogP contribution in [0.15, 0.2) is 48.5 Å². The van der Waals surface area contributed by atoms with Crippen molar-refractivity contribution in [1.29, 1.82) is 0 Å². The monoisotopic (exact) mass is 347 g/mol. The van der Waals surface area contributed by atoms with Gasteiger partial charge in [0.15, 0.2) is 0 Å². The normalized spacial score (nSPS) is 10.5. The van der Waals surface area contributed by atoms with Crippen molar-refractivity contribution in [3.05, 3.63) is 58.6 Å². The van der Waals surface area contributed by atoms with Crippen molar-refractivity contribution in [2.24, 2.45) is 0 Å². The summed E-state index contributed by atoms with van der Waals surface area (Å²) in [5.41, 5.74) is 1.31. The molecule has 116 valence electrons. The zero-order chi connectivity index (χ0) is 16.2. The predicted molar refractivity (Wildman–Crippen MR) is 88.3 cm³/mol. The highest BCUT2D eigenvalue weighted by Crippen LogP contribution is 2.27. The van der Waals surface area contributed by atoms with Crippen LogP contribution in [0.4, 0.5) is 5.69 Å². The number of halogens is 2. The summed E-state index contributed by atoms with van der Waals surface area (Å²) in [4.78, 5) is 13.2. The van der Waals surface area contributed by atoms with E-state index in [4.69, 9.17) is 23.2 Å². The lowest BCUT2D eigenvalue weighted by atomic mass is 10.2. The Bertz CT molecular complexity index is 835. The average molecular weight is 348 g/mol. The first-order valence-electron chi connectivity index (χ1n) is 6.70. The highest BCUT2D eigenvalue weighted by Gasteiger charge is 2.12. The molecule has 0 aliphatic rings. The van der Waals surface area contributed by atoms with E-state index in [0.29, 0.717) is 27.1 Å². The molecule has 0 fully saturated rings. The maximum absolute atomic E-state index is 12.0. The molecule has 0 aliphatic carbocycles. The number of tetrazole rings is 1. The van der Waals surface area contributed by atoms with Gasteiger partial charge in [-0.15, -0.1) is 10.2 Å². The number of rotatable bonds is 4. The summed E-state index contributed by atoms with van der Waals surface area (Å²) in [6, 6.07) is 14.1. The van der Waals surface area contributed by atoms with Crippen LogP contribution in [0.1, 0.15) is 0 Å². The van der Waals surface area contributed by atoms with Gasteiger partial charge in [-0.05, 0) is 35.5 Å². The van der Waals surface area contributed by atoms with E-state index >= 15 is 0 Å². The molecule has 0 radical (unpaired) electrons. The van der Waals surface area contributed by atoms with Crippen LogP contribution in [0, 0.1) is 0 Å². The lowest BCUT2D eigenvalue weighted by Gasteiger charge is -2.03. The molecule has 8 heteroatoms. The minimum atomic E-state index is -0.248. The first kappa shape index (κ1) is 15.5. The fourth-order valence-electron chi connectivity index (χ4n) is 1.94. The molecule has 3 rings (SSSR count). The fraction of sp³-hybridized carbons (Fsp3) is 0.0667. The van der Waals surface area contributed by atoms with E-state index in [1.54, 1.807) is 30.3 Å². The van der Waals surface area contributed by atoms with Crippen LogP contribution in [0.2, 0.25) is 10.0 Å². The van der Waals surface area contributed by atoms with E-state index in [-0.39, 0.29) is 12.5 Å². The van der Waals surface area contributed by atoms with E-state index in [1.165, 1.54) is 4.80 Å². The van der Waals surface area contributed by atoms with Crippen LogP contribution in [0.5, 0.6) is 0 Å². The molecule has 0 saturated heterocycles. The molecule has 0 bridgehead atoms. The average Bonchev–Trinajstić information content (AvgIpc) is 2.96. The molecule has 0 saturated carbocycles. The van der Waals surface area contributed by atoms with Gasteiger partial charge in [0.05, 0.1) is 5.02 Å². The second kappa shape index (κ2) is 6.76. The van der Waals surface area contributed by atoms with Gasteiger partial charge in [-0.25, -0.2) is 0 Å². The molecule has 2 aromatic carbocycles. The lowest BCUT2D eigenvalue weighted by Crippen LogP contribution is -2.20. The molecule has 3 aromatic rings. The summed E-state index contributed by atoms with van der Waals surface area (Å²) in [6.45, 7) is -0.0485. The Balaban J connectivity index is 1.71. The van der Waals surface area contributed by atoms with Crippen molar-refractivity contribution in [2.75, 3.05) is 5.32 Å². The van der Waals surface area contributed by atoms with Gasteiger partial charge >= 0.3 is 0 Å². The standard InChI is InChI=1S/C15H11Cl2N5O/c16-10-6-7-12(13(17)8-10)15-19-21-22(20-15)9-14(23)18-11-4-2-1-3-5-11/h1-8H,9H2,(H,18,23). The van der Waals surface area contributed by atoms with E-state index in [1.807, 2.05) is 18.2 Å². The topological polar surface area (TPSA) is 72.7 Å². The van der Waals surface area contributed by atoms with Gasteiger partial charge in [-0.1, -0.05) is 41.4 Å². The van der Waals surface area contributed by atoms with Crippen LogP contribution in [0.3, 0.4) is 0 Å². The summed E-state index contributed by atoms with van der Waals surface area (Å²) in [6.07, 6.45) is 0. The number of carbonyl (C=O) groups excluding carboxylic acids is 1. The maximum atomic E-state index is 12.0. The summed E-state index contributed by atoms with van der Waals surface area (Å²) in [5.74, 6) is 0.0848. The van der Waals surface area contributed by atoms with Gasteiger partial charge < -0.3 is 5.32 Å². The third-order valence-corrected chi connectivity index (χ3v) is 3.52. The number of anilines is 1. The third-order valence-electron chi connectivity index (χ3n) is 2.97. The van der Waals surface area contributed by atoms with Gasteiger partial charge in [-0.3, -0.25) is 4.79 Å². The zero-order valence-corrected chi connectivity index (χ0v) is 13.3. The number of aromatic nitrogens is 4. The van der Waals surface area contributed by atoms with Gasteiger partial charge in [0.1, 0.15) is 6.54 Å². The van der Waals surface area contributed by atoms with Crippen LogP contribution < -0.4 is 5.32 Å². The number of carbonyl (C=O) groups is 1. The zero-order valence-electron chi connectivity index (χ0n) is 11.8. The number of benzene rings is 2. The first-order valence-corrected chi connectivity index (χ1v) is 7.45. The Labute approximate surface area is 142 Å². The number of nitrogens with one attached hydrogen (secondary N) is 1. The Morgan fingerprint density at radius 1 is 1.13 bits per heavy atom. The highest BCUT2D eigenvalue weighted by atomic mass is 35.5. The maximum Gasteiger partial charge on any atom is 0.248 e. The second-order valence-electron chi connectivity index (χ2n) is 4.68. The van der Waals surface area contributed by atoms with Gasteiger partial charge in [0.25, 0.3) is 0 Å². The minimum absolute atomic E-state index is 0.0485. The smallest absolute Gasteiger partial charge is 0.248 e. The van der Waals surface area contributed by atoms with Crippen LogP contribution >= 0.6 is 23.2 Å². The molecule has 1 amide bonds. The molecule has 0 aliphatic heterocycles. The number of para-hydroxylation sites is 1. The minimum Gasteiger partial charge on any atom is -0.324 e. The molecule has 23 heavy (non-hydrogen) atoms. The largest absolute Gasteiger partial charge is 0.324 e. The molecule has 1 heterocycles. The molecule has 0 spiro atoms. The van der Waals surface area contributed by atoms with Crippen molar-refractivity contribution in [1.82, 2.24) is 20.2 Å². The van der Waals surface area contributed by atoms with E-state index < -0.39 is 0 Å². The SMILES string of the molecule is O=C(Cn1nnc(-c2ccc(Cl)cc2Cl)n1)Nc1ccccc1. The number of hydrogen-bond acceptors (Lipinski definition) is 4. The van der Waals surface area contributed by atoms with Crippen molar-refractivity contribution in [3.63, 3.8) is 0 Å². The number of nitrogens with zero attached hydrogens (tertiary/aromatic N) is 4. The molecule has 0 atom stereocenters. The Hall–Kier alpha value is -2.44. The molecule has 1 N–H and O–H groups in total. The molecule has 6 nitrogen and oxygen atoms in total. The molecular weight excluding hydrogens is 337 g/mol. The highest BCUT2D eigenvalue weighted by molar-refractivity contribution is 6.36. The molecule has 0 unspecified atom stereocenters. The molecular formula is C15H11Cl2N5O. The second-order valence-corrected chi connectivity index (χ2v) is 5.53. The summed E-state index contributed by atoms with van der Waals surface area (Å²) in [7, 11) is 0. The quantitative estimate of drug-likeness (QED) is 0.785. The lowest BCUT2D eigenvalue weighted by molar-refractivity contribution is -0.117. The van der Waals surface area contributed by atoms with Gasteiger partial charge in [-0.2, -0.15) is 4.80 Å². The molecule has 1 aromatic heterocycles. The van der Waals surface area contributed by atoms with Crippen LogP contribution in [-0.2, 0) is 11.3 Å². The predicted octanol–water partition coefficient (Wildman–Crippen LogP) is 3.29. The number of amides is 1. The summed E-state index contributed by atoms with van der Waals surface area (Å²) in [5, 5.41) is 15.6. The Morgan fingerprint density at radius 2 is 1.91 bits per heavy atom. The summed E-state index contributed by atoms with van der Waals surface area (Å²) < 4.78 is 0. The number of hydrogen-bond donors (Lipinski definition) is 1. The van der Waals surface area contributed by atoms with Crippen LogP contribution in [-0.4, -0.2) is 26.1 Å². The van der Waals surface area contributed by atoms with E-state index in [0.717, 1.165) is 0 Å². The van der Waals surface area contributed by atoms with Crippen molar-refractivity contribution in [3.8, 4) is 11.4 Å². The third kappa shape index (κ3) is 3.85. The van der Waals surface area contributed by atoms with Gasteiger partial charge in [0, 0.05) is 16.3 Å². The first-order chi connectivity index (χ1) is 11.1. The van der Waals surface area contributed by atoms with Crippen molar-refractivity contribution >= 4 is 34.8 Å². The Morgan fingerprint density at radius 3 is 2.65 bits per heavy atom. The van der Waals surface area contributed by atoms with Crippen molar-refractivity contribution < 1.29 is 4.79 Å². The van der Waals surface area contributed by atoms with Crippen LogP contribution in [0.25, 0.3) is 11.4 Å². The Kier molecular flexibility index (Phi) is 4.55.